The van der Waals surface area contributed by atoms with E-state index in [1.54, 1.807) is 0 Å². The van der Waals surface area contributed by atoms with Gasteiger partial charge in [0, 0.05) is 0 Å². The lowest BCUT2D eigenvalue weighted by Gasteiger charge is -1.96. The van der Waals surface area contributed by atoms with E-state index in [0.29, 0.717) is 6.61 Å². The van der Waals surface area contributed by atoms with Crippen molar-refractivity contribution in [2.24, 2.45) is 0 Å². The van der Waals surface area contributed by atoms with Gasteiger partial charge in [0.25, 0.3) is 0 Å². The molecule has 0 aliphatic carbocycles. The van der Waals surface area contributed by atoms with E-state index < -0.39 is 5.09 Å². The molecule has 0 heterocycles. The summed E-state index contributed by atoms with van der Waals surface area (Å²) in [4.78, 5) is 14.1. The summed E-state index contributed by atoms with van der Waals surface area (Å²) in [6.45, 7) is 2.48. The van der Waals surface area contributed by atoms with Crippen LogP contribution in [0.2, 0.25) is 0 Å². The van der Waals surface area contributed by atoms with Gasteiger partial charge < -0.3 is 0 Å². The van der Waals surface area contributed by atoms with E-state index in [2.05, 4.69) is 11.8 Å². The molecule has 0 saturated heterocycles. The fourth-order valence-electron chi connectivity index (χ4n) is 1.03. The van der Waals surface area contributed by atoms with Crippen molar-refractivity contribution >= 4 is 0 Å². The molecule has 4 heteroatoms. The maximum absolute atomic E-state index is 9.83. The van der Waals surface area contributed by atoms with Crippen LogP contribution in [0.15, 0.2) is 0 Å². The number of nitrogens with zero attached hydrogens (tertiary/aromatic N) is 1. The molecule has 12 heavy (non-hydrogen) atoms. The quantitative estimate of drug-likeness (QED) is 0.456. The van der Waals surface area contributed by atoms with E-state index in [4.69, 9.17) is 5.21 Å². The molecule has 0 unspecified atom stereocenters. The van der Waals surface area contributed by atoms with Gasteiger partial charge in [0.15, 0.2) is 6.61 Å². The second-order valence-electron chi connectivity index (χ2n) is 2.84. The summed E-state index contributed by atoms with van der Waals surface area (Å²) in [5, 5.41) is 7.57. The van der Waals surface area contributed by atoms with Crippen molar-refractivity contribution in [3.8, 4) is 0 Å². The topological polar surface area (TPSA) is 49.5 Å². The standard InChI is InChI=1S/C8H18NO3/c1-2-3-4-5-6-7-8-12-9(10)11/h2-8H2,1H3,(H,10,11)/q+1. The third kappa shape index (κ3) is 9.20. The lowest BCUT2D eigenvalue weighted by atomic mass is 10.1. The van der Waals surface area contributed by atoms with Crippen molar-refractivity contribution in [1.29, 1.82) is 0 Å². The first-order chi connectivity index (χ1) is 5.77. The minimum atomic E-state index is -0.480. The van der Waals surface area contributed by atoms with Crippen LogP contribution in [0, 0.1) is 4.91 Å². The molecule has 1 N–H and O–H groups in total. The third-order valence-corrected chi connectivity index (χ3v) is 1.70. The summed E-state index contributed by atoms with van der Waals surface area (Å²) < 4.78 is 0. The van der Waals surface area contributed by atoms with Crippen LogP contribution in [-0.2, 0) is 4.84 Å². The molecule has 0 atom stereocenters. The number of rotatable bonds is 8. The van der Waals surface area contributed by atoms with Gasteiger partial charge in [-0.3, -0.25) is 0 Å². The van der Waals surface area contributed by atoms with E-state index in [9.17, 15) is 4.91 Å². The van der Waals surface area contributed by atoms with Crippen LogP contribution in [0.25, 0.3) is 0 Å². The van der Waals surface area contributed by atoms with Crippen LogP contribution in [-0.4, -0.2) is 16.9 Å². The van der Waals surface area contributed by atoms with Crippen LogP contribution < -0.4 is 0 Å². The Labute approximate surface area is 73.0 Å². The fourth-order valence-corrected chi connectivity index (χ4v) is 1.03. The average Bonchev–Trinajstić information content (AvgIpc) is 2.02. The molecule has 0 radical (unpaired) electrons. The van der Waals surface area contributed by atoms with Crippen LogP contribution in [0.5, 0.6) is 0 Å². The third-order valence-electron chi connectivity index (χ3n) is 1.70. The monoisotopic (exact) mass is 176 g/mol. The minimum Gasteiger partial charge on any atom is -0.200 e. The van der Waals surface area contributed by atoms with Gasteiger partial charge in [0.1, 0.15) is 4.91 Å². The summed E-state index contributed by atoms with van der Waals surface area (Å²) in [6.07, 6.45) is 6.84. The summed E-state index contributed by atoms with van der Waals surface area (Å²) in [7, 11) is 0. The van der Waals surface area contributed by atoms with Gasteiger partial charge in [-0.15, -0.1) is 0 Å². The smallest absolute Gasteiger partial charge is 0.200 e. The van der Waals surface area contributed by atoms with Gasteiger partial charge in [-0.25, -0.2) is 5.21 Å². The second kappa shape index (κ2) is 8.30. The maximum atomic E-state index is 9.83. The van der Waals surface area contributed by atoms with Crippen LogP contribution in [0.1, 0.15) is 45.4 Å². The van der Waals surface area contributed by atoms with Crippen molar-refractivity contribution in [3.63, 3.8) is 0 Å². The molecule has 0 bridgehead atoms. The summed E-state index contributed by atoms with van der Waals surface area (Å²) in [5.41, 5.74) is 0. The molecule has 0 aliphatic rings. The predicted molar refractivity (Wildman–Crippen MR) is 44.7 cm³/mol. The van der Waals surface area contributed by atoms with Crippen LogP contribution in [0.3, 0.4) is 0 Å². The van der Waals surface area contributed by atoms with Crippen molar-refractivity contribution in [1.82, 2.24) is 0 Å². The van der Waals surface area contributed by atoms with E-state index in [-0.39, 0.29) is 0 Å². The Balaban J connectivity index is 2.86. The fraction of sp³-hybridized carbons (Fsp3) is 1.00. The zero-order valence-corrected chi connectivity index (χ0v) is 7.66. The zero-order chi connectivity index (χ0) is 9.23. The SMILES string of the molecule is CCCCCCCCO[N+](=O)O. The molecule has 72 valence electrons. The normalized spacial score (nSPS) is 9.75. The molecule has 0 aliphatic heterocycles. The number of hydrogen-bond acceptors (Lipinski definition) is 2. The lowest BCUT2D eigenvalue weighted by Crippen LogP contribution is -2.04. The predicted octanol–water partition coefficient (Wildman–Crippen LogP) is 2.45. The molecule has 0 rings (SSSR count). The van der Waals surface area contributed by atoms with Gasteiger partial charge in [-0.2, -0.15) is 4.84 Å². The van der Waals surface area contributed by atoms with Crippen molar-refractivity contribution in [2.45, 2.75) is 45.4 Å². The van der Waals surface area contributed by atoms with Gasteiger partial charge in [-0.05, 0) is 12.8 Å². The van der Waals surface area contributed by atoms with Crippen molar-refractivity contribution in [3.05, 3.63) is 4.91 Å². The highest BCUT2D eigenvalue weighted by molar-refractivity contribution is 4.41. The Morgan fingerprint density at radius 2 is 1.75 bits per heavy atom. The highest BCUT2D eigenvalue weighted by atomic mass is 16.9. The molecular formula is C8H18NO3+. The van der Waals surface area contributed by atoms with Gasteiger partial charge in [0.05, 0.1) is 0 Å². The first-order valence-corrected chi connectivity index (χ1v) is 4.56. The Morgan fingerprint density at radius 1 is 1.17 bits per heavy atom. The molecule has 0 fully saturated rings. The van der Waals surface area contributed by atoms with Crippen molar-refractivity contribution < 1.29 is 15.1 Å². The highest BCUT2D eigenvalue weighted by Crippen LogP contribution is 2.04. The molecule has 0 saturated carbocycles. The van der Waals surface area contributed by atoms with Gasteiger partial charge in [0.2, 0.25) is 0 Å². The molecule has 0 aromatic rings. The van der Waals surface area contributed by atoms with Crippen LogP contribution in [0.4, 0.5) is 0 Å². The Hall–Kier alpha value is -0.800. The zero-order valence-electron chi connectivity index (χ0n) is 7.66. The highest BCUT2D eigenvalue weighted by Gasteiger charge is 2.01. The minimum absolute atomic E-state index is 0.312. The Morgan fingerprint density at radius 3 is 2.33 bits per heavy atom. The van der Waals surface area contributed by atoms with Crippen LogP contribution >= 0.6 is 0 Å². The maximum Gasteiger partial charge on any atom is 0.475 e. The lowest BCUT2D eigenvalue weighted by molar-refractivity contribution is -0.975. The molecule has 4 nitrogen and oxygen atoms in total. The van der Waals surface area contributed by atoms with E-state index in [1.807, 2.05) is 0 Å². The summed E-state index contributed by atoms with van der Waals surface area (Å²) >= 11 is 0. The van der Waals surface area contributed by atoms with Crippen molar-refractivity contribution in [2.75, 3.05) is 6.61 Å². The second-order valence-corrected chi connectivity index (χ2v) is 2.84. The van der Waals surface area contributed by atoms with E-state index >= 15 is 0 Å². The number of hydrogen-bond donors (Lipinski definition) is 1. The molecular weight excluding hydrogens is 158 g/mol. The van der Waals surface area contributed by atoms with Gasteiger partial charge in [-0.1, -0.05) is 32.6 Å². The molecule has 0 aromatic heterocycles. The molecule has 0 spiro atoms. The summed E-state index contributed by atoms with van der Waals surface area (Å²) in [6, 6.07) is 0. The van der Waals surface area contributed by atoms with E-state index in [0.717, 1.165) is 12.8 Å². The first-order valence-electron chi connectivity index (χ1n) is 4.56. The van der Waals surface area contributed by atoms with E-state index in [1.165, 1.54) is 25.7 Å². The summed E-state index contributed by atoms with van der Waals surface area (Å²) in [5.74, 6) is 0. The largest absolute Gasteiger partial charge is 0.475 e. The number of unbranched alkanes of at least 4 members (excludes halogenated alkanes) is 5. The Kier molecular flexibility index (Phi) is 7.74. The molecule has 0 aromatic carbocycles. The first kappa shape index (κ1) is 11.2. The Bertz CT molecular complexity index is 117. The van der Waals surface area contributed by atoms with Gasteiger partial charge >= 0.3 is 5.09 Å². The average molecular weight is 176 g/mol. The molecule has 0 amide bonds.